The maximum Gasteiger partial charge on any atom is 0.255 e. The number of nitrogen functional groups attached to an aromatic ring is 1. The minimum absolute atomic E-state index is 0.0844. The summed E-state index contributed by atoms with van der Waals surface area (Å²) in [5, 5.41) is 8.88. The van der Waals surface area contributed by atoms with Gasteiger partial charge in [-0.3, -0.25) is 0 Å². The van der Waals surface area contributed by atoms with Gasteiger partial charge in [-0.25, -0.2) is 18.7 Å². The van der Waals surface area contributed by atoms with Crippen LogP contribution in [0.4, 0.5) is 20.4 Å². The number of aliphatic hydroxyl groups is 1. The first-order chi connectivity index (χ1) is 7.95. The summed E-state index contributed by atoms with van der Waals surface area (Å²) < 4.78 is 24.9. The Bertz CT molecular complexity index is 387. The van der Waals surface area contributed by atoms with E-state index < -0.39 is 13.0 Å². The quantitative estimate of drug-likeness (QED) is 0.801. The van der Waals surface area contributed by atoms with Gasteiger partial charge in [-0.05, 0) is 13.8 Å². The molecule has 0 saturated carbocycles. The highest BCUT2D eigenvalue weighted by Crippen LogP contribution is 2.21. The Kier molecular flexibility index (Phi) is 4.56. The summed E-state index contributed by atoms with van der Waals surface area (Å²) in [6, 6.07) is 0. The second-order valence-corrected chi connectivity index (χ2v) is 3.67. The lowest BCUT2D eigenvalue weighted by molar-refractivity contribution is 0.152. The minimum Gasteiger partial charge on any atom is -0.395 e. The highest BCUT2D eigenvalue weighted by molar-refractivity contribution is 5.56. The van der Waals surface area contributed by atoms with Crippen molar-refractivity contribution in [1.82, 2.24) is 9.97 Å². The summed E-state index contributed by atoms with van der Waals surface area (Å²) >= 11 is 0. The van der Waals surface area contributed by atoms with Crippen LogP contribution in [0.5, 0.6) is 0 Å². The monoisotopic (exact) mass is 246 g/mol. The van der Waals surface area contributed by atoms with Crippen LogP contribution in [0.15, 0.2) is 0 Å². The van der Waals surface area contributed by atoms with Crippen LogP contribution in [-0.4, -0.2) is 41.2 Å². The van der Waals surface area contributed by atoms with Crippen LogP contribution in [0.3, 0.4) is 0 Å². The molecule has 0 aliphatic heterocycles. The van der Waals surface area contributed by atoms with Crippen LogP contribution in [-0.2, 0) is 0 Å². The van der Waals surface area contributed by atoms with Gasteiger partial charge in [0, 0.05) is 12.1 Å². The molecular formula is C10H16F2N4O. The van der Waals surface area contributed by atoms with Gasteiger partial charge in [-0.1, -0.05) is 0 Å². The third-order valence-electron chi connectivity index (χ3n) is 2.30. The molecule has 1 aromatic heterocycles. The predicted molar refractivity (Wildman–Crippen MR) is 61.2 cm³/mol. The van der Waals surface area contributed by atoms with Crippen molar-refractivity contribution in [2.24, 2.45) is 0 Å². The number of aromatic nitrogens is 2. The topological polar surface area (TPSA) is 75.3 Å². The molecule has 0 bridgehead atoms. The summed E-state index contributed by atoms with van der Waals surface area (Å²) in [4.78, 5) is 9.35. The lowest BCUT2D eigenvalue weighted by atomic mass is 10.2. The van der Waals surface area contributed by atoms with Crippen LogP contribution in [0, 0.1) is 13.8 Å². The molecule has 0 amide bonds. The number of rotatable bonds is 5. The molecule has 1 rings (SSSR count). The van der Waals surface area contributed by atoms with Crippen molar-refractivity contribution in [2.75, 3.05) is 30.3 Å². The summed E-state index contributed by atoms with van der Waals surface area (Å²) in [5.41, 5.74) is 6.20. The second-order valence-electron chi connectivity index (χ2n) is 3.67. The molecule has 0 atom stereocenters. The lowest BCUT2D eigenvalue weighted by Gasteiger charge is -2.24. The highest BCUT2D eigenvalue weighted by Gasteiger charge is 2.17. The number of nitrogens with two attached hydrogens (primary N) is 1. The molecule has 3 N–H and O–H groups in total. The smallest absolute Gasteiger partial charge is 0.255 e. The highest BCUT2D eigenvalue weighted by atomic mass is 19.3. The van der Waals surface area contributed by atoms with Crippen LogP contribution >= 0.6 is 0 Å². The molecule has 0 saturated heterocycles. The van der Waals surface area contributed by atoms with Gasteiger partial charge in [0.1, 0.15) is 17.5 Å². The fourth-order valence-electron chi connectivity index (χ4n) is 1.51. The van der Waals surface area contributed by atoms with Gasteiger partial charge in [0.2, 0.25) is 0 Å². The third-order valence-corrected chi connectivity index (χ3v) is 2.30. The number of alkyl halides is 2. The average Bonchev–Trinajstić information content (AvgIpc) is 2.22. The number of nitrogens with zero attached hydrogens (tertiary/aromatic N) is 3. The summed E-state index contributed by atoms with van der Waals surface area (Å²) in [7, 11) is 0. The van der Waals surface area contributed by atoms with Crippen LogP contribution in [0.2, 0.25) is 0 Å². The van der Waals surface area contributed by atoms with E-state index in [0.717, 1.165) is 0 Å². The van der Waals surface area contributed by atoms with E-state index in [9.17, 15) is 8.78 Å². The van der Waals surface area contributed by atoms with Crippen molar-refractivity contribution in [3.63, 3.8) is 0 Å². The molecule has 0 spiro atoms. The summed E-state index contributed by atoms with van der Waals surface area (Å²) in [5.74, 6) is 1.04. The maximum atomic E-state index is 12.4. The molecule has 1 heterocycles. The Balaban J connectivity index is 3.08. The zero-order chi connectivity index (χ0) is 13.0. The normalized spacial score (nSPS) is 10.9. The van der Waals surface area contributed by atoms with Crippen molar-refractivity contribution in [3.8, 4) is 0 Å². The Hall–Kier alpha value is -1.50. The van der Waals surface area contributed by atoms with E-state index in [1.54, 1.807) is 13.8 Å². The summed E-state index contributed by atoms with van der Waals surface area (Å²) in [6.45, 7) is 2.67. The molecule has 0 unspecified atom stereocenters. The molecule has 0 aromatic carbocycles. The van der Waals surface area contributed by atoms with Gasteiger partial charge in [0.05, 0.1) is 13.2 Å². The van der Waals surface area contributed by atoms with Crippen molar-refractivity contribution >= 4 is 11.6 Å². The van der Waals surface area contributed by atoms with Crippen molar-refractivity contribution in [1.29, 1.82) is 0 Å². The van der Waals surface area contributed by atoms with Gasteiger partial charge in [0.25, 0.3) is 6.43 Å². The first-order valence-electron chi connectivity index (χ1n) is 5.20. The number of halogens is 2. The number of anilines is 2. The number of hydrogen-bond acceptors (Lipinski definition) is 5. The van der Waals surface area contributed by atoms with E-state index >= 15 is 0 Å². The molecule has 5 nitrogen and oxygen atoms in total. The molecular weight excluding hydrogens is 230 g/mol. The van der Waals surface area contributed by atoms with Crippen molar-refractivity contribution < 1.29 is 13.9 Å². The zero-order valence-corrected chi connectivity index (χ0v) is 9.82. The molecule has 96 valence electrons. The Morgan fingerprint density at radius 2 is 2.00 bits per heavy atom. The van der Waals surface area contributed by atoms with Crippen LogP contribution in [0.25, 0.3) is 0 Å². The van der Waals surface area contributed by atoms with Gasteiger partial charge in [0.15, 0.2) is 0 Å². The van der Waals surface area contributed by atoms with Crippen molar-refractivity contribution in [3.05, 3.63) is 11.4 Å². The van der Waals surface area contributed by atoms with Gasteiger partial charge in [-0.15, -0.1) is 0 Å². The van der Waals surface area contributed by atoms with E-state index in [-0.39, 0.29) is 19.0 Å². The SMILES string of the molecule is Cc1nc(N)c(C)c(N(CCO)CC(F)F)n1. The zero-order valence-electron chi connectivity index (χ0n) is 9.82. The number of aryl methyl sites for hydroxylation is 1. The van der Waals surface area contributed by atoms with Crippen LogP contribution in [0.1, 0.15) is 11.4 Å². The third kappa shape index (κ3) is 3.48. The largest absolute Gasteiger partial charge is 0.395 e. The minimum atomic E-state index is -2.50. The van der Waals surface area contributed by atoms with E-state index in [2.05, 4.69) is 9.97 Å². The molecule has 0 aliphatic rings. The second kappa shape index (κ2) is 5.72. The molecule has 0 aliphatic carbocycles. The molecule has 7 heteroatoms. The Morgan fingerprint density at radius 3 is 2.53 bits per heavy atom. The summed E-state index contributed by atoms with van der Waals surface area (Å²) in [6.07, 6.45) is -2.50. The lowest BCUT2D eigenvalue weighted by Crippen LogP contribution is -2.33. The fourth-order valence-corrected chi connectivity index (χ4v) is 1.51. The first-order valence-corrected chi connectivity index (χ1v) is 5.20. The maximum absolute atomic E-state index is 12.4. The van der Waals surface area contributed by atoms with Gasteiger partial charge < -0.3 is 15.7 Å². The fraction of sp³-hybridized carbons (Fsp3) is 0.600. The van der Waals surface area contributed by atoms with Crippen LogP contribution < -0.4 is 10.6 Å². The average molecular weight is 246 g/mol. The van der Waals surface area contributed by atoms with Crippen molar-refractivity contribution in [2.45, 2.75) is 20.3 Å². The Morgan fingerprint density at radius 1 is 1.35 bits per heavy atom. The standard InChI is InChI=1S/C10H16F2N4O/c1-6-9(13)14-7(2)15-10(6)16(3-4-17)5-8(11)12/h8,17H,3-5H2,1-2H3,(H2,13,14,15). The van der Waals surface area contributed by atoms with Gasteiger partial charge >= 0.3 is 0 Å². The first kappa shape index (κ1) is 13.6. The number of hydrogen-bond donors (Lipinski definition) is 2. The van der Waals surface area contributed by atoms with Gasteiger partial charge in [-0.2, -0.15) is 0 Å². The molecule has 0 fully saturated rings. The van der Waals surface area contributed by atoms with E-state index in [1.165, 1.54) is 4.90 Å². The Labute approximate surface area is 98.3 Å². The van der Waals surface area contributed by atoms with E-state index in [0.29, 0.717) is 17.2 Å². The molecule has 0 radical (unpaired) electrons. The van der Waals surface area contributed by atoms with E-state index in [4.69, 9.17) is 10.8 Å². The van der Waals surface area contributed by atoms with E-state index in [1.807, 2.05) is 0 Å². The molecule has 1 aromatic rings. The predicted octanol–water partition coefficient (Wildman–Crippen LogP) is 0.739. The molecule has 17 heavy (non-hydrogen) atoms. The number of aliphatic hydroxyl groups excluding tert-OH is 1.